The standard InChI is InChI=1S/C14H18ClN3S/c1-2-18(9-12-5-3-4-6-17-12)13(8-16)14-7-11(15)10-19-14/h3-7,10,13H,2,8-9,16H2,1H3. The highest BCUT2D eigenvalue weighted by atomic mass is 35.5. The maximum Gasteiger partial charge on any atom is 0.0568 e. The molecule has 0 fully saturated rings. The van der Waals surface area contributed by atoms with Crippen LogP contribution in [0.5, 0.6) is 0 Å². The fourth-order valence-corrected chi connectivity index (χ4v) is 3.32. The zero-order chi connectivity index (χ0) is 13.7. The highest BCUT2D eigenvalue weighted by Gasteiger charge is 2.19. The lowest BCUT2D eigenvalue weighted by Crippen LogP contribution is -2.33. The Bertz CT molecular complexity index is 500. The van der Waals surface area contributed by atoms with E-state index in [9.17, 15) is 0 Å². The van der Waals surface area contributed by atoms with Gasteiger partial charge in [-0.1, -0.05) is 24.6 Å². The van der Waals surface area contributed by atoms with E-state index in [2.05, 4.69) is 16.8 Å². The van der Waals surface area contributed by atoms with Crippen LogP contribution >= 0.6 is 22.9 Å². The average Bonchev–Trinajstić information content (AvgIpc) is 2.86. The van der Waals surface area contributed by atoms with Crippen molar-refractivity contribution in [3.05, 3.63) is 51.4 Å². The summed E-state index contributed by atoms with van der Waals surface area (Å²) in [5.41, 5.74) is 7.01. The van der Waals surface area contributed by atoms with Crippen LogP contribution in [0.25, 0.3) is 0 Å². The molecule has 0 aliphatic carbocycles. The fraction of sp³-hybridized carbons (Fsp3) is 0.357. The van der Waals surface area contributed by atoms with Gasteiger partial charge in [0, 0.05) is 29.5 Å². The summed E-state index contributed by atoms with van der Waals surface area (Å²) in [6.45, 7) is 4.45. The van der Waals surface area contributed by atoms with E-state index in [1.807, 2.05) is 35.8 Å². The van der Waals surface area contributed by atoms with Crippen molar-refractivity contribution >= 4 is 22.9 Å². The molecule has 19 heavy (non-hydrogen) atoms. The predicted molar refractivity (Wildman–Crippen MR) is 81.4 cm³/mol. The number of thiophene rings is 1. The Kier molecular flexibility index (Phi) is 5.34. The highest BCUT2D eigenvalue weighted by molar-refractivity contribution is 7.10. The molecule has 0 spiro atoms. The first-order chi connectivity index (χ1) is 9.24. The number of likely N-dealkylation sites (N-methyl/N-ethyl adjacent to an activating group) is 1. The maximum atomic E-state index is 6.01. The SMILES string of the molecule is CCN(Cc1ccccn1)C(CN)c1cc(Cl)cs1. The summed E-state index contributed by atoms with van der Waals surface area (Å²) >= 11 is 7.67. The number of pyridine rings is 1. The summed E-state index contributed by atoms with van der Waals surface area (Å²) in [5, 5.41) is 2.74. The summed E-state index contributed by atoms with van der Waals surface area (Å²) in [5.74, 6) is 0. The molecule has 3 nitrogen and oxygen atoms in total. The molecule has 2 rings (SSSR count). The number of aromatic nitrogens is 1. The van der Waals surface area contributed by atoms with Crippen LogP contribution in [0.1, 0.15) is 23.5 Å². The summed E-state index contributed by atoms with van der Waals surface area (Å²) in [4.78, 5) is 7.91. The minimum absolute atomic E-state index is 0.199. The molecule has 2 aromatic rings. The van der Waals surface area contributed by atoms with Gasteiger partial charge in [0.25, 0.3) is 0 Å². The van der Waals surface area contributed by atoms with Crippen LogP contribution < -0.4 is 5.73 Å². The predicted octanol–water partition coefficient (Wildman–Crippen LogP) is 3.32. The second-order valence-electron chi connectivity index (χ2n) is 4.30. The zero-order valence-corrected chi connectivity index (χ0v) is 12.5. The van der Waals surface area contributed by atoms with E-state index in [1.54, 1.807) is 11.3 Å². The molecule has 2 heterocycles. The Morgan fingerprint density at radius 2 is 2.32 bits per heavy atom. The Labute approximate surface area is 123 Å². The van der Waals surface area contributed by atoms with Crippen molar-refractivity contribution in [3.63, 3.8) is 0 Å². The van der Waals surface area contributed by atoms with Crippen molar-refractivity contribution in [2.45, 2.75) is 19.5 Å². The number of nitrogens with two attached hydrogens (primary N) is 1. The van der Waals surface area contributed by atoms with Crippen molar-refractivity contribution in [3.8, 4) is 0 Å². The summed E-state index contributed by atoms with van der Waals surface area (Å²) < 4.78 is 0. The lowest BCUT2D eigenvalue weighted by molar-refractivity contribution is 0.204. The third-order valence-corrected chi connectivity index (χ3v) is 4.46. The van der Waals surface area contributed by atoms with Gasteiger partial charge in [0.05, 0.1) is 16.8 Å². The van der Waals surface area contributed by atoms with E-state index in [-0.39, 0.29) is 6.04 Å². The molecule has 2 N–H and O–H groups in total. The normalized spacial score (nSPS) is 12.8. The van der Waals surface area contributed by atoms with E-state index in [4.69, 9.17) is 17.3 Å². The van der Waals surface area contributed by atoms with Crippen LogP contribution in [-0.4, -0.2) is 23.0 Å². The third kappa shape index (κ3) is 3.76. The van der Waals surface area contributed by atoms with Crippen molar-refractivity contribution in [1.29, 1.82) is 0 Å². The van der Waals surface area contributed by atoms with Gasteiger partial charge in [-0.05, 0) is 24.7 Å². The van der Waals surface area contributed by atoms with Crippen LogP contribution in [0.15, 0.2) is 35.8 Å². The molecule has 2 aromatic heterocycles. The first kappa shape index (κ1) is 14.5. The van der Waals surface area contributed by atoms with E-state index in [0.717, 1.165) is 23.8 Å². The van der Waals surface area contributed by atoms with E-state index >= 15 is 0 Å². The van der Waals surface area contributed by atoms with Crippen LogP contribution in [0, 0.1) is 0 Å². The second-order valence-corrected chi connectivity index (χ2v) is 5.68. The molecule has 0 radical (unpaired) electrons. The van der Waals surface area contributed by atoms with Gasteiger partial charge in [-0.15, -0.1) is 11.3 Å². The molecule has 102 valence electrons. The molecular formula is C14H18ClN3S. The van der Waals surface area contributed by atoms with Crippen LogP contribution in [0.4, 0.5) is 0 Å². The van der Waals surface area contributed by atoms with Gasteiger partial charge in [-0.25, -0.2) is 0 Å². The largest absolute Gasteiger partial charge is 0.329 e. The Balaban J connectivity index is 2.15. The molecule has 0 aliphatic rings. The lowest BCUT2D eigenvalue weighted by atomic mass is 10.2. The minimum atomic E-state index is 0.199. The van der Waals surface area contributed by atoms with Gasteiger partial charge in [0.2, 0.25) is 0 Å². The van der Waals surface area contributed by atoms with Gasteiger partial charge in [-0.2, -0.15) is 0 Å². The van der Waals surface area contributed by atoms with Gasteiger partial charge in [0.1, 0.15) is 0 Å². The number of rotatable bonds is 6. The molecule has 0 bridgehead atoms. The second kappa shape index (κ2) is 7.01. The number of halogens is 1. The smallest absolute Gasteiger partial charge is 0.0568 e. The Hall–Kier alpha value is -0.940. The van der Waals surface area contributed by atoms with Crippen LogP contribution in [0.3, 0.4) is 0 Å². The molecular weight excluding hydrogens is 278 g/mol. The van der Waals surface area contributed by atoms with E-state index in [0.29, 0.717) is 6.54 Å². The van der Waals surface area contributed by atoms with Crippen LogP contribution in [-0.2, 0) is 6.54 Å². The highest BCUT2D eigenvalue weighted by Crippen LogP contribution is 2.29. The number of hydrogen-bond acceptors (Lipinski definition) is 4. The molecule has 1 atom stereocenters. The molecule has 1 unspecified atom stereocenters. The van der Waals surface area contributed by atoms with Crippen molar-refractivity contribution < 1.29 is 0 Å². The van der Waals surface area contributed by atoms with Gasteiger partial charge in [0.15, 0.2) is 0 Å². The average molecular weight is 296 g/mol. The monoisotopic (exact) mass is 295 g/mol. The molecule has 0 aromatic carbocycles. The summed E-state index contributed by atoms with van der Waals surface area (Å²) in [7, 11) is 0. The molecule has 5 heteroatoms. The van der Waals surface area contributed by atoms with E-state index < -0.39 is 0 Å². The first-order valence-electron chi connectivity index (χ1n) is 6.32. The van der Waals surface area contributed by atoms with Crippen molar-refractivity contribution in [1.82, 2.24) is 9.88 Å². The van der Waals surface area contributed by atoms with E-state index in [1.165, 1.54) is 4.88 Å². The summed E-state index contributed by atoms with van der Waals surface area (Å²) in [6, 6.07) is 8.18. The number of nitrogens with zero attached hydrogens (tertiary/aromatic N) is 2. The van der Waals surface area contributed by atoms with Crippen molar-refractivity contribution in [2.24, 2.45) is 5.73 Å². The van der Waals surface area contributed by atoms with Crippen LogP contribution in [0.2, 0.25) is 5.02 Å². The molecule has 0 saturated heterocycles. The zero-order valence-electron chi connectivity index (χ0n) is 10.9. The van der Waals surface area contributed by atoms with Gasteiger partial charge in [-0.3, -0.25) is 9.88 Å². The molecule has 0 amide bonds. The minimum Gasteiger partial charge on any atom is -0.329 e. The lowest BCUT2D eigenvalue weighted by Gasteiger charge is -2.28. The number of hydrogen-bond donors (Lipinski definition) is 1. The van der Waals surface area contributed by atoms with Gasteiger partial charge >= 0.3 is 0 Å². The van der Waals surface area contributed by atoms with Crippen molar-refractivity contribution in [2.75, 3.05) is 13.1 Å². The van der Waals surface area contributed by atoms with Gasteiger partial charge < -0.3 is 5.73 Å². The quantitative estimate of drug-likeness (QED) is 0.889. The Morgan fingerprint density at radius 1 is 1.47 bits per heavy atom. The fourth-order valence-electron chi connectivity index (χ4n) is 2.09. The topological polar surface area (TPSA) is 42.2 Å². The molecule has 0 saturated carbocycles. The third-order valence-electron chi connectivity index (χ3n) is 3.08. The Morgan fingerprint density at radius 3 is 2.84 bits per heavy atom. The molecule has 0 aliphatic heterocycles. The first-order valence-corrected chi connectivity index (χ1v) is 7.58. The summed E-state index contributed by atoms with van der Waals surface area (Å²) in [6.07, 6.45) is 1.82. The maximum absolute atomic E-state index is 6.01.